The number of benzene rings is 2. The van der Waals surface area contributed by atoms with Crippen LogP contribution in [0.4, 0.5) is 5.82 Å². The highest BCUT2D eigenvalue weighted by molar-refractivity contribution is 9.10. The fraction of sp³-hybridized carbons (Fsp3) is 0.200. The van der Waals surface area contributed by atoms with E-state index in [2.05, 4.69) is 45.3 Å². The van der Waals surface area contributed by atoms with E-state index in [4.69, 9.17) is 10.5 Å². The Bertz CT molecular complexity index is 971. The molecule has 3 rings (SSSR count). The van der Waals surface area contributed by atoms with Crippen LogP contribution in [0.5, 0.6) is 5.88 Å². The molecule has 0 aliphatic heterocycles. The van der Waals surface area contributed by atoms with Crippen molar-refractivity contribution in [1.29, 1.82) is 5.26 Å². The first-order chi connectivity index (χ1) is 12.5. The van der Waals surface area contributed by atoms with Gasteiger partial charge in [-0.25, -0.2) is 4.68 Å². The second-order valence-electron chi connectivity index (χ2n) is 6.18. The number of aromatic nitrogens is 2. The van der Waals surface area contributed by atoms with E-state index in [0.29, 0.717) is 19.0 Å². The summed E-state index contributed by atoms with van der Waals surface area (Å²) in [5, 5.41) is 13.8. The SMILES string of the molecule is Cc1ccc(C)c(COc2nn(Cc3ccc(Br)cc3)c(N)c2C#N)c1. The third-order valence-corrected chi connectivity index (χ3v) is 4.71. The molecule has 26 heavy (non-hydrogen) atoms. The minimum absolute atomic E-state index is 0.267. The van der Waals surface area contributed by atoms with Crippen molar-refractivity contribution in [2.24, 2.45) is 0 Å². The van der Waals surface area contributed by atoms with E-state index in [9.17, 15) is 5.26 Å². The Labute approximate surface area is 161 Å². The van der Waals surface area contributed by atoms with Crippen LogP contribution in [0.1, 0.15) is 27.8 Å². The maximum absolute atomic E-state index is 9.44. The van der Waals surface area contributed by atoms with Gasteiger partial charge in [0.25, 0.3) is 5.88 Å². The summed E-state index contributed by atoms with van der Waals surface area (Å²) in [6.45, 7) is 4.88. The number of nitrogens with zero attached hydrogens (tertiary/aromatic N) is 3. The van der Waals surface area contributed by atoms with Crippen molar-refractivity contribution >= 4 is 21.7 Å². The molecule has 1 heterocycles. The number of hydrogen-bond acceptors (Lipinski definition) is 4. The second-order valence-corrected chi connectivity index (χ2v) is 7.10. The number of nitriles is 1. The van der Waals surface area contributed by atoms with Gasteiger partial charge in [0, 0.05) is 4.47 Å². The van der Waals surface area contributed by atoms with Gasteiger partial charge >= 0.3 is 0 Å². The number of ether oxygens (including phenoxy) is 1. The van der Waals surface area contributed by atoms with Gasteiger partial charge in [-0.1, -0.05) is 51.8 Å². The average molecular weight is 411 g/mol. The maximum atomic E-state index is 9.44. The summed E-state index contributed by atoms with van der Waals surface area (Å²) in [5.74, 6) is 0.578. The third-order valence-electron chi connectivity index (χ3n) is 4.19. The summed E-state index contributed by atoms with van der Waals surface area (Å²) in [6, 6.07) is 16.2. The van der Waals surface area contributed by atoms with Crippen molar-refractivity contribution in [3.05, 3.63) is 74.8 Å². The molecule has 3 aromatic rings. The van der Waals surface area contributed by atoms with Crippen LogP contribution in [0.2, 0.25) is 0 Å². The van der Waals surface area contributed by atoms with Crippen LogP contribution < -0.4 is 10.5 Å². The molecule has 6 heteroatoms. The van der Waals surface area contributed by atoms with Crippen LogP contribution in [-0.4, -0.2) is 9.78 Å². The molecular formula is C20H19BrN4O. The van der Waals surface area contributed by atoms with Gasteiger partial charge in [0.2, 0.25) is 0 Å². The first-order valence-corrected chi connectivity index (χ1v) is 8.97. The molecule has 0 fully saturated rings. The number of aryl methyl sites for hydroxylation is 2. The molecule has 2 N–H and O–H groups in total. The van der Waals surface area contributed by atoms with Crippen molar-refractivity contribution in [1.82, 2.24) is 9.78 Å². The quantitative estimate of drug-likeness (QED) is 0.678. The highest BCUT2D eigenvalue weighted by Gasteiger charge is 2.17. The zero-order chi connectivity index (χ0) is 18.7. The summed E-state index contributed by atoms with van der Waals surface area (Å²) in [7, 11) is 0. The third kappa shape index (κ3) is 3.89. The van der Waals surface area contributed by atoms with E-state index >= 15 is 0 Å². The maximum Gasteiger partial charge on any atom is 0.253 e. The first-order valence-electron chi connectivity index (χ1n) is 8.17. The molecule has 1 aromatic heterocycles. The molecule has 0 spiro atoms. The van der Waals surface area contributed by atoms with Crippen LogP contribution >= 0.6 is 15.9 Å². The fourth-order valence-electron chi connectivity index (χ4n) is 2.64. The number of nitrogens with two attached hydrogens (primary N) is 1. The van der Waals surface area contributed by atoms with Gasteiger partial charge in [0.05, 0.1) is 6.54 Å². The summed E-state index contributed by atoms with van der Waals surface area (Å²) in [5.41, 5.74) is 10.8. The topological polar surface area (TPSA) is 76.9 Å². The van der Waals surface area contributed by atoms with Crippen LogP contribution in [0, 0.1) is 25.2 Å². The van der Waals surface area contributed by atoms with E-state index in [1.165, 1.54) is 0 Å². The Morgan fingerprint density at radius 3 is 2.62 bits per heavy atom. The zero-order valence-corrected chi connectivity index (χ0v) is 16.2. The smallest absolute Gasteiger partial charge is 0.253 e. The molecule has 0 unspecified atom stereocenters. The van der Waals surface area contributed by atoms with Crippen LogP contribution in [-0.2, 0) is 13.2 Å². The van der Waals surface area contributed by atoms with Gasteiger partial charge in [-0.2, -0.15) is 5.26 Å². The molecule has 0 atom stereocenters. The Morgan fingerprint density at radius 2 is 1.92 bits per heavy atom. The van der Waals surface area contributed by atoms with E-state index in [-0.39, 0.29) is 11.4 Å². The fourth-order valence-corrected chi connectivity index (χ4v) is 2.91. The molecule has 5 nitrogen and oxygen atoms in total. The monoisotopic (exact) mass is 410 g/mol. The van der Waals surface area contributed by atoms with E-state index in [0.717, 1.165) is 26.7 Å². The lowest BCUT2D eigenvalue weighted by Crippen LogP contribution is -2.06. The Balaban J connectivity index is 1.82. The molecule has 2 aromatic carbocycles. The molecule has 132 valence electrons. The Hall–Kier alpha value is -2.78. The molecule has 0 bridgehead atoms. The lowest BCUT2D eigenvalue weighted by atomic mass is 10.1. The zero-order valence-electron chi connectivity index (χ0n) is 14.7. The highest BCUT2D eigenvalue weighted by atomic mass is 79.9. The van der Waals surface area contributed by atoms with Crippen molar-refractivity contribution in [3.63, 3.8) is 0 Å². The van der Waals surface area contributed by atoms with Crippen molar-refractivity contribution in [2.45, 2.75) is 27.0 Å². The molecule has 0 saturated carbocycles. The molecule has 0 radical (unpaired) electrons. The second kappa shape index (κ2) is 7.63. The summed E-state index contributed by atoms with van der Waals surface area (Å²) >= 11 is 3.42. The first kappa shape index (κ1) is 18.0. The van der Waals surface area contributed by atoms with E-state index < -0.39 is 0 Å². The van der Waals surface area contributed by atoms with Gasteiger partial charge in [-0.3, -0.25) is 0 Å². The van der Waals surface area contributed by atoms with Gasteiger partial charge in [0.15, 0.2) is 5.56 Å². The van der Waals surface area contributed by atoms with Crippen molar-refractivity contribution < 1.29 is 4.74 Å². The molecule has 0 aliphatic carbocycles. The average Bonchev–Trinajstić information content (AvgIpc) is 2.92. The number of nitrogen functional groups attached to an aromatic ring is 1. The van der Waals surface area contributed by atoms with E-state index in [1.807, 2.05) is 38.1 Å². The van der Waals surface area contributed by atoms with Gasteiger partial charge in [0.1, 0.15) is 18.5 Å². The predicted molar refractivity (Wildman–Crippen MR) is 105 cm³/mol. The van der Waals surface area contributed by atoms with Crippen molar-refractivity contribution in [2.75, 3.05) is 5.73 Å². The summed E-state index contributed by atoms with van der Waals surface area (Å²) in [6.07, 6.45) is 0. The number of rotatable bonds is 5. The van der Waals surface area contributed by atoms with Gasteiger partial charge in [-0.05, 0) is 42.7 Å². The Morgan fingerprint density at radius 1 is 1.19 bits per heavy atom. The van der Waals surface area contributed by atoms with Gasteiger partial charge in [-0.15, -0.1) is 5.10 Å². The molecular weight excluding hydrogens is 392 g/mol. The lowest BCUT2D eigenvalue weighted by molar-refractivity contribution is 0.288. The summed E-state index contributed by atoms with van der Waals surface area (Å²) < 4.78 is 8.43. The summed E-state index contributed by atoms with van der Waals surface area (Å²) in [4.78, 5) is 0. The van der Waals surface area contributed by atoms with Crippen molar-refractivity contribution in [3.8, 4) is 11.9 Å². The van der Waals surface area contributed by atoms with Crippen LogP contribution in [0.15, 0.2) is 46.9 Å². The number of anilines is 1. The highest BCUT2D eigenvalue weighted by Crippen LogP contribution is 2.25. The minimum atomic E-state index is 0.267. The minimum Gasteiger partial charge on any atom is -0.471 e. The molecule has 0 amide bonds. The lowest BCUT2D eigenvalue weighted by Gasteiger charge is -2.08. The molecule has 0 aliphatic rings. The van der Waals surface area contributed by atoms with Crippen LogP contribution in [0.3, 0.4) is 0 Å². The normalized spacial score (nSPS) is 10.5. The number of halogens is 1. The standard InChI is InChI=1S/C20H19BrN4O/c1-13-3-4-14(2)16(9-13)12-26-20-18(10-22)19(23)25(24-20)11-15-5-7-17(21)8-6-15/h3-9H,11-12,23H2,1-2H3. The molecule has 0 saturated heterocycles. The van der Waals surface area contributed by atoms with Crippen LogP contribution in [0.25, 0.3) is 0 Å². The predicted octanol–water partition coefficient (Wildman–Crippen LogP) is 4.34. The van der Waals surface area contributed by atoms with E-state index in [1.54, 1.807) is 4.68 Å². The largest absolute Gasteiger partial charge is 0.471 e. The number of hydrogen-bond donors (Lipinski definition) is 1. The van der Waals surface area contributed by atoms with Gasteiger partial charge < -0.3 is 10.5 Å². The Kier molecular flexibility index (Phi) is 5.29.